The molecular weight excluding hydrogens is 246 g/mol. The zero-order chi connectivity index (χ0) is 15.0. The van der Waals surface area contributed by atoms with Gasteiger partial charge in [0.15, 0.2) is 0 Å². The Morgan fingerprint density at radius 2 is 1.85 bits per heavy atom. The molecule has 2 N–H and O–H groups in total. The zero-order valence-corrected chi connectivity index (χ0v) is 13.6. The lowest BCUT2D eigenvalue weighted by molar-refractivity contribution is 0.309. The van der Waals surface area contributed by atoms with Crippen LogP contribution in [0.5, 0.6) is 5.75 Å². The molecule has 0 fully saturated rings. The number of benzene rings is 1. The molecule has 0 aromatic heterocycles. The number of hydrogen-bond donors (Lipinski definition) is 1. The minimum absolute atomic E-state index is 0.122. The summed E-state index contributed by atoms with van der Waals surface area (Å²) in [5.74, 6) is 1.66. The number of unbranched alkanes of at least 4 members (excludes halogenated alkanes) is 1. The third-order valence-electron chi connectivity index (χ3n) is 4.07. The topological polar surface area (TPSA) is 35.2 Å². The highest BCUT2D eigenvalue weighted by atomic mass is 16.5. The molecule has 2 nitrogen and oxygen atoms in total. The van der Waals surface area contributed by atoms with Gasteiger partial charge in [0.2, 0.25) is 0 Å². The molecule has 1 aromatic rings. The van der Waals surface area contributed by atoms with Crippen LogP contribution in [0.2, 0.25) is 0 Å². The molecule has 0 heterocycles. The second-order valence-electron chi connectivity index (χ2n) is 6.30. The van der Waals surface area contributed by atoms with E-state index in [1.54, 1.807) is 7.11 Å². The summed E-state index contributed by atoms with van der Waals surface area (Å²) < 4.78 is 5.19. The summed E-state index contributed by atoms with van der Waals surface area (Å²) in [4.78, 5) is 0. The van der Waals surface area contributed by atoms with E-state index in [0.29, 0.717) is 0 Å². The molecule has 2 atom stereocenters. The normalized spacial score (nSPS) is 15.7. The SMILES string of the molecule is CCCCC(CC)CC(C)(N)Cc1ccc(OC)cc1. The first-order valence-electron chi connectivity index (χ1n) is 7.92. The first-order chi connectivity index (χ1) is 9.50. The van der Waals surface area contributed by atoms with E-state index < -0.39 is 0 Å². The summed E-state index contributed by atoms with van der Waals surface area (Å²) >= 11 is 0. The number of hydrogen-bond acceptors (Lipinski definition) is 2. The van der Waals surface area contributed by atoms with Crippen LogP contribution in [-0.4, -0.2) is 12.6 Å². The first kappa shape index (κ1) is 17.0. The molecule has 0 saturated heterocycles. The lowest BCUT2D eigenvalue weighted by Crippen LogP contribution is -2.40. The van der Waals surface area contributed by atoms with Crippen molar-refractivity contribution < 1.29 is 4.74 Å². The molecule has 114 valence electrons. The molecule has 0 amide bonds. The minimum Gasteiger partial charge on any atom is -0.497 e. The van der Waals surface area contributed by atoms with Gasteiger partial charge in [-0.05, 0) is 43.4 Å². The molecule has 0 bridgehead atoms. The van der Waals surface area contributed by atoms with Crippen LogP contribution in [-0.2, 0) is 6.42 Å². The van der Waals surface area contributed by atoms with Crippen molar-refractivity contribution in [3.05, 3.63) is 29.8 Å². The van der Waals surface area contributed by atoms with Gasteiger partial charge >= 0.3 is 0 Å². The van der Waals surface area contributed by atoms with Gasteiger partial charge in [0.25, 0.3) is 0 Å². The van der Waals surface area contributed by atoms with E-state index in [1.807, 2.05) is 12.1 Å². The molecule has 0 aliphatic rings. The number of ether oxygens (including phenoxy) is 1. The highest BCUT2D eigenvalue weighted by Gasteiger charge is 2.23. The lowest BCUT2D eigenvalue weighted by atomic mass is 9.81. The van der Waals surface area contributed by atoms with E-state index in [1.165, 1.54) is 31.2 Å². The van der Waals surface area contributed by atoms with E-state index in [-0.39, 0.29) is 5.54 Å². The van der Waals surface area contributed by atoms with Gasteiger partial charge in [-0.2, -0.15) is 0 Å². The van der Waals surface area contributed by atoms with Crippen molar-refractivity contribution in [3.8, 4) is 5.75 Å². The largest absolute Gasteiger partial charge is 0.497 e. The summed E-state index contributed by atoms with van der Waals surface area (Å²) in [6, 6.07) is 8.27. The average Bonchev–Trinajstić information content (AvgIpc) is 2.43. The van der Waals surface area contributed by atoms with E-state index in [0.717, 1.165) is 24.5 Å². The smallest absolute Gasteiger partial charge is 0.118 e. The van der Waals surface area contributed by atoms with Crippen molar-refractivity contribution in [2.45, 2.75) is 64.8 Å². The van der Waals surface area contributed by atoms with E-state index in [2.05, 4.69) is 32.9 Å². The summed E-state index contributed by atoms with van der Waals surface area (Å²) in [5.41, 5.74) is 7.71. The van der Waals surface area contributed by atoms with Crippen molar-refractivity contribution in [3.63, 3.8) is 0 Å². The Morgan fingerprint density at radius 1 is 1.20 bits per heavy atom. The maximum absolute atomic E-state index is 6.54. The fourth-order valence-corrected chi connectivity index (χ4v) is 2.88. The van der Waals surface area contributed by atoms with E-state index >= 15 is 0 Å². The number of nitrogens with two attached hydrogens (primary N) is 1. The molecule has 1 aromatic carbocycles. The van der Waals surface area contributed by atoms with Crippen LogP contribution >= 0.6 is 0 Å². The van der Waals surface area contributed by atoms with Gasteiger partial charge in [-0.1, -0.05) is 51.7 Å². The summed E-state index contributed by atoms with van der Waals surface area (Å²) in [7, 11) is 1.70. The Balaban J connectivity index is 2.57. The molecule has 0 spiro atoms. The Labute approximate surface area is 124 Å². The molecule has 20 heavy (non-hydrogen) atoms. The predicted octanol–water partition coefficient (Wildman–Crippen LogP) is 4.56. The van der Waals surface area contributed by atoms with Crippen molar-refractivity contribution in [2.75, 3.05) is 7.11 Å². The van der Waals surface area contributed by atoms with Gasteiger partial charge in [0, 0.05) is 5.54 Å². The van der Waals surface area contributed by atoms with Crippen LogP contribution in [0.25, 0.3) is 0 Å². The Hall–Kier alpha value is -1.02. The molecule has 1 rings (SSSR count). The molecule has 0 saturated carbocycles. The highest BCUT2D eigenvalue weighted by Crippen LogP contribution is 2.26. The minimum atomic E-state index is -0.122. The Kier molecular flexibility index (Phi) is 7.08. The molecular formula is C18H31NO. The lowest BCUT2D eigenvalue weighted by Gasteiger charge is -2.29. The van der Waals surface area contributed by atoms with Crippen LogP contribution < -0.4 is 10.5 Å². The predicted molar refractivity (Wildman–Crippen MR) is 87.2 cm³/mol. The van der Waals surface area contributed by atoms with Crippen LogP contribution in [0.15, 0.2) is 24.3 Å². The van der Waals surface area contributed by atoms with Crippen molar-refractivity contribution >= 4 is 0 Å². The van der Waals surface area contributed by atoms with E-state index in [4.69, 9.17) is 10.5 Å². The van der Waals surface area contributed by atoms with Crippen molar-refractivity contribution in [2.24, 2.45) is 11.7 Å². The molecule has 2 heteroatoms. The molecule has 0 radical (unpaired) electrons. The van der Waals surface area contributed by atoms with Crippen LogP contribution in [0.4, 0.5) is 0 Å². The van der Waals surface area contributed by atoms with Crippen molar-refractivity contribution in [1.82, 2.24) is 0 Å². The first-order valence-corrected chi connectivity index (χ1v) is 7.92. The van der Waals surface area contributed by atoms with Gasteiger partial charge in [-0.15, -0.1) is 0 Å². The summed E-state index contributed by atoms with van der Waals surface area (Å²) in [6.07, 6.45) is 7.17. The standard InChI is InChI=1S/C18H31NO/c1-5-7-8-15(6-2)13-18(3,19)14-16-9-11-17(20-4)12-10-16/h9-12,15H,5-8,13-14,19H2,1-4H3. The van der Waals surface area contributed by atoms with Gasteiger partial charge in [-0.3, -0.25) is 0 Å². The second-order valence-corrected chi connectivity index (χ2v) is 6.30. The quantitative estimate of drug-likeness (QED) is 0.718. The number of rotatable bonds is 9. The van der Waals surface area contributed by atoms with Crippen LogP contribution in [0.1, 0.15) is 58.4 Å². The Morgan fingerprint density at radius 3 is 2.35 bits per heavy atom. The van der Waals surface area contributed by atoms with Crippen LogP contribution in [0, 0.1) is 5.92 Å². The Bertz CT molecular complexity index is 370. The second kappa shape index (κ2) is 8.31. The molecule has 2 unspecified atom stereocenters. The van der Waals surface area contributed by atoms with Gasteiger partial charge in [0.1, 0.15) is 5.75 Å². The third kappa shape index (κ3) is 5.96. The zero-order valence-electron chi connectivity index (χ0n) is 13.6. The van der Waals surface area contributed by atoms with Gasteiger partial charge < -0.3 is 10.5 Å². The highest BCUT2D eigenvalue weighted by molar-refractivity contribution is 5.28. The van der Waals surface area contributed by atoms with Gasteiger partial charge in [0.05, 0.1) is 7.11 Å². The number of methoxy groups -OCH3 is 1. The fraction of sp³-hybridized carbons (Fsp3) is 0.667. The van der Waals surface area contributed by atoms with E-state index in [9.17, 15) is 0 Å². The monoisotopic (exact) mass is 277 g/mol. The van der Waals surface area contributed by atoms with Gasteiger partial charge in [-0.25, -0.2) is 0 Å². The van der Waals surface area contributed by atoms with Crippen LogP contribution in [0.3, 0.4) is 0 Å². The van der Waals surface area contributed by atoms with Crippen molar-refractivity contribution in [1.29, 1.82) is 0 Å². The summed E-state index contributed by atoms with van der Waals surface area (Å²) in [6.45, 7) is 6.72. The maximum Gasteiger partial charge on any atom is 0.118 e. The molecule has 0 aliphatic heterocycles. The maximum atomic E-state index is 6.54. The summed E-state index contributed by atoms with van der Waals surface area (Å²) in [5, 5.41) is 0. The average molecular weight is 277 g/mol. The third-order valence-corrected chi connectivity index (χ3v) is 4.07. The molecule has 0 aliphatic carbocycles. The fourth-order valence-electron chi connectivity index (χ4n) is 2.88.